The zero-order valence-electron chi connectivity index (χ0n) is 11.1. The topological polar surface area (TPSA) is 57.6 Å². The second kappa shape index (κ2) is 5.97. The summed E-state index contributed by atoms with van der Waals surface area (Å²) in [6.07, 6.45) is 1.96. The number of benzene rings is 1. The molecule has 0 aromatic heterocycles. The summed E-state index contributed by atoms with van der Waals surface area (Å²) in [6, 6.07) is 6.80. The van der Waals surface area contributed by atoms with Gasteiger partial charge in [0.1, 0.15) is 0 Å². The molecular weight excluding hydrogens is 242 g/mol. The molecule has 0 aliphatic carbocycles. The van der Waals surface area contributed by atoms with Gasteiger partial charge in [-0.25, -0.2) is 0 Å². The molecule has 2 rings (SSSR count). The number of rotatable bonds is 5. The van der Waals surface area contributed by atoms with Gasteiger partial charge in [-0.05, 0) is 32.9 Å². The van der Waals surface area contributed by atoms with Crippen LogP contribution in [0.5, 0.6) is 0 Å². The van der Waals surface area contributed by atoms with Crippen molar-refractivity contribution in [3.63, 3.8) is 0 Å². The zero-order chi connectivity index (χ0) is 13.8. The molecule has 0 spiro atoms. The second-order valence-electron chi connectivity index (χ2n) is 5.09. The molecule has 0 bridgehead atoms. The average Bonchev–Trinajstić information content (AvgIpc) is 2.89. The number of hydrogen-bond acceptors (Lipinski definition) is 3. The molecule has 1 N–H and O–H groups in total. The van der Waals surface area contributed by atoms with Crippen LogP contribution < -0.4 is 0 Å². The number of carbonyl (C=O) groups is 2. The quantitative estimate of drug-likeness (QED) is 0.825. The maximum absolute atomic E-state index is 12.5. The molecule has 1 atom stereocenters. The zero-order valence-corrected chi connectivity index (χ0v) is 11.1. The van der Waals surface area contributed by atoms with Gasteiger partial charge < -0.3 is 5.11 Å². The highest BCUT2D eigenvalue weighted by atomic mass is 16.4. The first-order chi connectivity index (χ1) is 9.08. The smallest absolute Gasteiger partial charge is 0.305 e. The van der Waals surface area contributed by atoms with E-state index in [1.165, 1.54) is 0 Å². The third-order valence-corrected chi connectivity index (χ3v) is 3.59. The number of hydrogen-bond donors (Lipinski definition) is 1. The van der Waals surface area contributed by atoms with Crippen LogP contribution in [0.4, 0.5) is 0 Å². The van der Waals surface area contributed by atoms with Crippen molar-refractivity contribution in [1.29, 1.82) is 0 Å². The highest BCUT2D eigenvalue weighted by Crippen LogP contribution is 2.18. The van der Waals surface area contributed by atoms with Crippen molar-refractivity contribution in [2.24, 2.45) is 0 Å². The minimum absolute atomic E-state index is 0.0794. The van der Waals surface area contributed by atoms with Crippen LogP contribution in [0.3, 0.4) is 0 Å². The molecule has 1 fully saturated rings. The summed E-state index contributed by atoms with van der Waals surface area (Å²) < 4.78 is 0. The first-order valence-corrected chi connectivity index (χ1v) is 6.64. The number of aliphatic carboxylic acids is 1. The Morgan fingerprint density at radius 1 is 1.21 bits per heavy atom. The molecular formula is C15H19NO3. The lowest BCUT2D eigenvalue weighted by Crippen LogP contribution is -2.41. The minimum atomic E-state index is -0.919. The van der Waals surface area contributed by atoms with E-state index in [2.05, 4.69) is 0 Å². The van der Waals surface area contributed by atoms with Gasteiger partial charge in [-0.3, -0.25) is 14.5 Å². The number of carbonyl (C=O) groups excluding carboxylic acids is 1. The molecule has 1 aliphatic heterocycles. The van der Waals surface area contributed by atoms with Gasteiger partial charge in [-0.2, -0.15) is 0 Å². The summed E-state index contributed by atoms with van der Waals surface area (Å²) in [6.45, 7) is 3.59. The summed E-state index contributed by atoms with van der Waals surface area (Å²) in [4.78, 5) is 25.4. The van der Waals surface area contributed by atoms with E-state index in [0.717, 1.165) is 31.5 Å². The number of carboxylic acids is 1. The number of Topliss-reactive ketones (excluding diaryl/α,β-unsaturated/α-hetero) is 1. The molecule has 1 heterocycles. The molecule has 4 heteroatoms. The van der Waals surface area contributed by atoms with Crippen molar-refractivity contribution in [1.82, 2.24) is 4.90 Å². The van der Waals surface area contributed by atoms with Crippen molar-refractivity contribution in [2.45, 2.75) is 32.2 Å². The molecule has 4 nitrogen and oxygen atoms in total. The molecule has 1 aliphatic rings. The van der Waals surface area contributed by atoms with E-state index in [-0.39, 0.29) is 12.2 Å². The fourth-order valence-electron chi connectivity index (χ4n) is 2.52. The average molecular weight is 261 g/mol. The predicted octanol–water partition coefficient (Wildman–Crippen LogP) is 2.12. The number of nitrogens with zero attached hydrogens (tertiary/aromatic N) is 1. The normalized spacial score (nSPS) is 17.3. The van der Waals surface area contributed by atoms with Gasteiger partial charge in [0.05, 0.1) is 12.5 Å². The van der Waals surface area contributed by atoms with E-state index < -0.39 is 12.0 Å². The van der Waals surface area contributed by atoms with Gasteiger partial charge in [0, 0.05) is 5.56 Å². The van der Waals surface area contributed by atoms with Crippen LogP contribution in [-0.2, 0) is 4.79 Å². The predicted molar refractivity (Wildman–Crippen MR) is 72.4 cm³/mol. The monoisotopic (exact) mass is 261 g/mol. The highest BCUT2D eigenvalue weighted by molar-refractivity contribution is 6.01. The molecule has 19 heavy (non-hydrogen) atoms. The van der Waals surface area contributed by atoms with E-state index in [9.17, 15) is 9.59 Å². The third kappa shape index (κ3) is 3.41. The van der Waals surface area contributed by atoms with Gasteiger partial charge in [-0.1, -0.05) is 29.8 Å². The van der Waals surface area contributed by atoms with E-state index in [0.29, 0.717) is 5.56 Å². The lowest BCUT2D eigenvalue weighted by molar-refractivity contribution is -0.138. The summed E-state index contributed by atoms with van der Waals surface area (Å²) in [7, 11) is 0. The molecule has 1 aromatic rings. The molecule has 0 saturated carbocycles. The van der Waals surface area contributed by atoms with Crippen LogP contribution in [0.15, 0.2) is 24.3 Å². The van der Waals surface area contributed by atoms with Crippen molar-refractivity contribution in [2.75, 3.05) is 13.1 Å². The molecule has 1 saturated heterocycles. The van der Waals surface area contributed by atoms with Crippen molar-refractivity contribution < 1.29 is 14.7 Å². The lowest BCUT2D eigenvalue weighted by atomic mass is 9.99. The SMILES string of the molecule is Cc1ccc(C(=O)C(CC(=O)O)N2CCCC2)cc1. The maximum atomic E-state index is 12.5. The Hall–Kier alpha value is -1.68. The van der Waals surface area contributed by atoms with Gasteiger partial charge in [0.15, 0.2) is 5.78 Å². The Bertz CT molecular complexity index is 461. The standard InChI is InChI=1S/C15H19NO3/c1-11-4-6-12(7-5-11)15(19)13(10-14(17)18)16-8-2-3-9-16/h4-7,13H,2-3,8-10H2,1H3,(H,17,18). The Morgan fingerprint density at radius 3 is 2.32 bits per heavy atom. The van der Waals surface area contributed by atoms with E-state index in [1.807, 2.05) is 24.0 Å². The summed E-state index contributed by atoms with van der Waals surface area (Å²) in [5.74, 6) is -0.998. The Balaban J connectivity index is 2.18. The first kappa shape index (κ1) is 13.7. The van der Waals surface area contributed by atoms with Gasteiger partial charge in [0.2, 0.25) is 0 Å². The number of likely N-dealkylation sites (tertiary alicyclic amines) is 1. The first-order valence-electron chi connectivity index (χ1n) is 6.64. The van der Waals surface area contributed by atoms with Crippen LogP contribution in [0, 0.1) is 6.92 Å². The summed E-state index contributed by atoms with van der Waals surface area (Å²) in [5, 5.41) is 9.01. The molecule has 1 unspecified atom stereocenters. The van der Waals surface area contributed by atoms with Crippen LogP contribution in [0.25, 0.3) is 0 Å². The third-order valence-electron chi connectivity index (χ3n) is 3.59. The highest BCUT2D eigenvalue weighted by Gasteiger charge is 2.30. The van der Waals surface area contributed by atoms with Crippen molar-refractivity contribution in [3.8, 4) is 0 Å². The Labute approximate surface area is 113 Å². The van der Waals surface area contributed by atoms with E-state index in [4.69, 9.17) is 5.11 Å². The maximum Gasteiger partial charge on any atom is 0.305 e. The Kier molecular flexibility index (Phi) is 4.32. The molecule has 0 radical (unpaired) electrons. The van der Waals surface area contributed by atoms with Gasteiger partial charge >= 0.3 is 5.97 Å². The number of ketones is 1. The largest absolute Gasteiger partial charge is 0.481 e. The fourth-order valence-corrected chi connectivity index (χ4v) is 2.52. The number of aryl methyl sites for hydroxylation is 1. The minimum Gasteiger partial charge on any atom is -0.481 e. The summed E-state index contributed by atoms with van der Waals surface area (Å²) >= 11 is 0. The lowest BCUT2D eigenvalue weighted by Gasteiger charge is -2.24. The van der Waals surface area contributed by atoms with Crippen LogP contribution >= 0.6 is 0 Å². The van der Waals surface area contributed by atoms with E-state index >= 15 is 0 Å². The van der Waals surface area contributed by atoms with Crippen LogP contribution in [0.1, 0.15) is 35.2 Å². The molecule has 0 amide bonds. The van der Waals surface area contributed by atoms with Crippen LogP contribution in [0.2, 0.25) is 0 Å². The molecule has 102 valence electrons. The molecule has 1 aromatic carbocycles. The van der Waals surface area contributed by atoms with Crippen molar-refractivity contribution in [3.05, 3.63) is 35.4 Å². The van der Waals surface area contributed by atoms with Gasteiger partial charge in [0.25, 0.3) is 0 Å². The Morgan fingerprint density at radius 2 is 1.79 bits per heavy atom. The fraction of sp³-hybridized carbons (Fsp3) is 0.467. The van der Waals surface area contributed by atoms with Crippen LogP contribution in [-0.4, -0.2) is 40.9 Å². The van der Waals surface area contributed by atoms with Gasteiger partial charge in [-0.15, -0.1) is 0 Å². The van der Waals surface area contributed by atoms with Crippen molar-refractivity contribution >= 4 is 11.8 Å². The number of carboxylic acid groups (broad SMARTS) is 1. The summed E-state index contributed by atoms with van der Waals surface area (Å²) in [5.41, 5.74) is 1.69. The second-order valence-corrected chi connectivity index (χ2v) is 5.09. The van der Waals surface area contributed by atoms with E-state index in [1.54, 1.807) is 12.1 Å².